The van der Waals surface area contributed by atoms with Gasteiger partial charge >= 0.3 is 0 Å². The third kappa shape index (κ3) is 2.82. The zero-order valence-corrected chi connectivity index (χ0v) is 14.3. The summed E-state index contributed by atoms with van der Waals surface area (Å²) in [4.78, 5) is 14.7. The topological polar surface area (TPSA) is 38.1 Å². The van der Waals surface area contributed by atoms with Crippen LogP contribution in [0.5, 0.6) is 0 Å². The predicted octanol–water partition coefficient (Wildman–Crippen LogP) is 3.39. The molecule has 1 aliphatic rings. The van der Waals surface area contributed by atoms with Gasteiger partial charge in [0, 0.05) is 25.7 Å². The number of hydrogen-bond donors (Lipinski definition) is 0. The normalized spacial score (nSPS) is 18.1. The lowest BCUT2D eigenvalue weighted by molar-refractivity contribution is -0.132. The minimum absolute atomic E-state index is 0.274. The van der Waals surface area contributed by atoms with E-state index >= 15 is 0 Å². The third-order valence-corrected chi connectivity index (χ3v) is 5.45. The molecule has 3 heterocycles. The zero-order chi connectivity index (χ0) is 15.7. The number of amides is 1. The van der Waals surface area contributed by atoms with E-state index in [2.05, 4.69) is 33.7 Å². The van der Waals surface area contributed by atoms with Crippen LogP contribution in [-0.2, 0) is 18.3 Å². The van der Waals surface area contributed by atoms with Gasteiger partial charge in [0.2, 0.25) is 5.91 Å². The van der Waals surface area contributed by atoms with Crippen molar-refractivity contribution in [3.8, 4) is 0 Å². The molecule has 0 aliphatic carbocycles. The minimum atomic E-state index is 0.274. The summed E-state index contributed by atoms with van der Waals surface area (Å²) < 4.78 is 1.90. The first-order chi connectivity index (χ1) is 10.6. The second-order valence-corrected chi connectivity index (χ2v) is 6.85. The molecule has 1 atom stereocenters. The second kappa shape index (κ2) is 6.24. The first kappa shape index (κ1) is 15.3. The Morgan fingerprint density at radius 2 is 2.27 bits per heavy atom. The highest BCUT2D eigenvalue weighted by Gasteiger charge is 2.29. The van der Waals surface area contributed by atoms with E-state index in [1.54, 1.807) is 11.3 Å². The molecular formula is C17H23N3OS. The molecule has 3 rings (SSSR count). The molecule has 0 aromatic carbocycles. The number of aromatic nitrogens is 2. The lowest BCUT2D eigenvalue weighted by Crippen LogP contribution is -2.30. The average molecular weight is 317 g/mol. The standard InChI is InChI=1S/C17H23N3OS/c1-12-15(13(2)19(3)18-12)6-7-17(21)20-9-4-5-16(20)14-8-10-22-11-14/h8,10-11,16H,4-7,9H2,1-3H3. The fraction of sp³-hybridized carbons (Fsp3) is 0.529. The molecule has 2 aromatic heterocycles. The molecule has 2 aromatic rings. The van der Waals surface area contributed by atoms with Crippen molar-refractivity contribution in [2.24, 2.45) is 7.05 Å². The fourth-order valence-corrected chi connectivity index (χ4v) is 4.14. The van der Waals surface area contributed by atoms with Gasteiger partial charge in [0.05, 0.1) is 11.7 Å². The van der Waals surface area contributed by atoms with Crippen molar-refractivity contribution >= 4 is 17.2 Å². The molecule has 1 fully saturated rings. The third-order valence-electron chi connectivity index (χ3n) is 4.75. The molecule has 5 heteroatoms. The van der Waals surface area contributed by atoms with Gasteiger partial charge in [0.15, 0.2) is 0 Å². The van der Waals surface area contributed by atoms with E-state index in [1.807, 2.05) is 18.7 Å². The molecule has 1 unspecified atom stereocenters. The first-order valence-electron chi connectivity index (χ1n) is 7.88. The quantitative estimate of drug-likeness (QED) is 0.867. The Hall–Kier alpha value is -1.62. The molecule has 1 amide bonds. The van der Waals surface area contributed by atoms with Crippen LogP contribution in [0.25, 0.3) is 0 Å². The summed E-state index contributed by atoms with van der Waals surface area (Å²) in [6.45, 7) is 4.99. The Labute approximate surface area is 135 Å². The molecule has 1 aliphatic heterocycles. The number of likely N-dealkylation sites (tertiary alicyclic amines) is 1. The first-order valence-corrected chi connectivity index (χ1v) is 8.83. The van der Waals surface area contributed by atoms with Crippen molar-refractivity contribution in [3.05, 3.63) is 39.3 Å². The predicted molar refractivity (Wildman–Crippen MR) is 89.0 cm³/mol. The summed E-state index contributed by atoms with van der Waals surface area (Å²) in [5.74, 6) is 0.274. The van der Waals surface area contributed by atoms with Crippen molar-refractivity contribution in [2.45, 2.75) is 45.6 Å². The maximum atomic E-state index is 12.7. The van der Waals surface area contributed by atoms with Gasteiger partial charge in [-0.2, -0.15) is 16.4 Å². The Kier molecular flexibility index (Phi) is 4.34. The number of carbonyl (C=O) groups is 1. The van der Waals surface area contributed by atoms with Crippen molar-refractivity contribution in [3.63, 3.8) is 0 Å². The molecule has 0 spiro atoms. The van der Waals surface area contributed by atoms with E-state index in [0.29, 0.717) is 6.42 Å². The minimum Gasteiger partial charge on any atom is -0.336 e. The van der Waals surface area contributed by atoms with E-state index in [1.165, 1.54) is 16.8 Å². The highest BCUT2D eigenvalue weighted by Crippen LogP contribution is 2.33. The number of nitrogens with zero attached hydrogens (tertiary/aromatic N) is 3. The zero-order valence-electron chi connectivity index (χ0n) is 13.5. The van der Waals surface area contributed by atoms with E-state index in [4.69, 9.17) is 0 Å². The van der Waals surface area contributed by atoms with Crippen LogP contribution >= 0.6 is 11.3 Å². The van der Waals surface area contributed by atoms with Crippen LogP contribution in [0.1, 0.15) is 47.8 Å². The lowest BCUT2D eigenvalue weighted by atomic mass is 10.1. The fourth-order valence-electron chi connectivity index (χ4n) is 3.43. The molecule has 0 saturated carbocycles. The Morgan fingerprint density at radius 1 is 1.45 bits per heavy atom. The van der Waals surface area contributed by atoms with Gasteiger partial charge < -0.3 is 4.90 Å². The summed E-state index contributed by atoms with van der Waals surface area (Å²) >= 11 is 1.71. The van der Waals surface area contributed by atoms with Crippen molar-refractivity contribution < 1.29 is 4.79 Å². The summed E-state index contributed by atoms with van der Waals surface area (Å²) in [6, 6.07) is 2.44. The van der Waals surface area contributed by atoms with Crippen molar-refractivity contribution in [1.29, 1.82) is 0 Å². The molecule has 22 heavy (non-hydrogen) atoms. The van der Waals surface area contributed by atoms with Crippen molar-refractivity contribution in [1.82, 2.24) is 14.7 Å². The number of thiophene rings is 1. The second-order valence-electron chi connectivity index (χ2n) is 6.07. The Balaban J connectivity index is 1.67. The summed E-state index contributed by atoms with van der Waals surface area (Å²) in [7, 11) is 1.96. The van der Waals surface area contributed by atoms with Crippen molar-refractivity contribution in [2.75, 3.05) is 6.54 Å². The van der Waals surface area contributed by atoms with Gasteiger partial charge in [0.1, 0.15) is 0 Å². The summed E-state index contributed by atoms with van der Waals surface area (Å²) in [5.41, 5.74) is 4.73. The van der Waals surface area contributed by atoms with Gasteiger partial charge in [-0.15, -0.1) is 0 Å². The molecule has 0 radical (unpaired) electrons. The van der Waals surface area contributed by atoms with E-state index in [-0.39, 0.29) is 11.9 Å². The van der Waals surface area contributed by atoms with E-state index in [9.17, 15) is 4.79 Å². The van der Waals surface area contributed by atoms with Crippen LogP contribution < -0.4 is 0 Å². The van der Waals surface area contributed by atoms with E-state index < -0.39 is 0 Å². The van der Waals surface area contributed by atoms with Gasteiger partial charge in [0.25, 0.3) is 0 Å². The lowest BCUT2D eigenvalue weighted by Gasteiger charge is -2.24. The van der Waals surface area contributed by atoms with Crippen LogP contribution in [0.3, 0.4) is 0 Å². The SMILES string of the molecule is Cc1nn(C)c(C)c1CCC(=O)N1CCCC1c1ccsc1. The summed E-state index contributed by atoms with van der Waals surface area (Å²) in [5, 5.41) is 8.70. The van der Waals surface area contributed by atoms with Crippen LogP contribution in [0.4, 0.5) is 0 Å². The molecule has 0 bridgehead atoms. The highest BCUT2D eigenvalue weighted by molar-refractivity contribution is 7.07. The molecule has 1 saturated heterocycles. The van der Waals surface area contributed by atoms with Gasteiger partial charge in [-0.05, 0) is 61.1 Å². The van der Waals surface area contributed by atoms with Crippen LogP contribution in [0.2, 0.25) is 0 Å². The van der Waals surface area contributed by atoms with Crippen LogP contribution in [0.15, 0.2) is 16.8 Å². The number of hydrogen-bond acceptors (Lipinski definition) is 3. The molecular weight excluding hydrogens is 294 g/mol. The smallest absolute Gasteiger partial charge is 0.223 e. The average Bonchev–Trinajstić information content (AvgIpc) is 3.20. The van der Waals surface area contributed by atoms with Gasteiger partial charge in [-0.3, -0.25) is 9.48 Å². The van der Waals surface area contributed by atoms with Gasteiger partial charge in [-0.25, -0.2) is 0 Å². The molecule has 0 N–H and O–H groups in total. The maximum absolute atomic E-state index is 12.7. The number of rotatable bonds is 4. The van der Waals surface area contributed by atoms with Gasteiger partial charge in [-0.1, -0.05) is 0 Å². The largest absolute Gasteiger partial charge is 0.336 e. The monoisotopic (exact) mass is 317 g/mol. The molecule has 4 nitrogen and oxygen atoms in total. The number of carbonyl (C=O) groups excluding carboxylic acids is 1. The van der Waals surface area contributed by atoms with Crippen LogP contribution in [0, 0.1) is 13.8 Å². The Morgan fingerprint density at radius 3 is 2.91 bits per heavy atom. The Bertz CT molecular complexity index is 660. The molecule has 118 valence electrons. The maximum Gasteiger partial charge on any atom is 0.223 e. The summed E-state index contributed by atoms with van der Waals surface area (Å²) in [6.07, 6.45) is 3.57. The van der Waals surface area contributed by atoms with Crippen LogP contribution in [-0.4, -0.2) is 27.1 Å². The number of aryl methyl sites for hydroxylation is 2. The highest BCUT2D eigenvalue weighted by atomic mass is 32.1. The van der Waals surface area contributed by atoms with E-state index in [0.717, 1.165) is 31.5 Å².